The second kappa shape index (κ2) is 9.06. The van der Waals surface area contributed by atoms with E-state index >= 15 is 0 Å². The number of aliphatic imine (C=N–C) groups is 1. The Bertz CT molecular complexity index is 777. The summed E-state index contributed by atoms with van der Waals surface area (Å²) in [5.41, 5.74) is 0.750. The van der Waals surface area contributed by atoms with Gasteiger partial charge in [0.1, 0.15) is 23.1 Å². The zero-order valence-electron chi connectivity index (χ0n) is 15.2. The fraction of sp³-hybridized carbons (Fsp3) is 0.471. The van der Waals surface area contributed by atoms with Gasteiger partial charge >= 0.3 is 0 Å². The van der Waals surface area contributed by atoms with Crippen molar-refractivity contribution in [1.82, 2.24) is 25.4 Å². The fourth-order valence-electron chi connectivity index (χ4n) is 2.95. The molecule has 26 heavy (non-hydrogen) atoms. The largest absolute Gasteiger partial charge is 0.508 e. The number of aryl methyl sites for hydroxylation is 2. The lowest BCUT2D eigenvalue weighted by molar-refractivity contribution is 0.392. The third-order valence-electron chi connectivity index (χ3n) is 4.26. The van der Waals surface area contributed by atoms with Gasteiger partial charge in [0, 0.05) is 31.6 Å². The summed E-state index contributed by atoms with van der Waals surface area (Å²) in [6.07, 6.45) is 1.87. The highest BCUT2D eigenvalue weighted by Gasteiger charge is 2.21. The molecule has 0 saturated carbocycles. The van der Waals surface area contributed by atoms with Crippen molar-refractivity contribution in [2.75, 3.05) is 14.2 Å². The number of fused-ring (bicyclic) bond motifs is 1. The molecule has 1 aromatic carbocycles. The summed E-state index contributed by atoms with van der Waals surface area (Å²) in [4.78, 5) is 8.69. The van der Waals surface area contributed by atoms with Crippen LogP contribution in [-0.4, -0.2) is 46.0 Å². The molecule has 1 aromatic heterocycles. The van der Waals surface area contributed by atoms with Crippen molar-refractivity contribution in [3.05, 3.63) is 35.4 Å². The molecule has 1 atom stereocenters. The molecule has 1 aliphatic rings. The van der Waals surface area contributed by atoms with Gasteiger partial charge in [-0.2, -0.15) is 5.10 Å². The first-order chi connectivity index (χ1) is 12.1. The molecule has 0 spiro atoms. The van der Waals surface area contributed by atoms with Gasteiger partial charge in [-0.15, -0.1) is 24.0 Å². The Labute approximate surface area is 170 Å². The number of methoxy groups -OCH3 is 1. The van der Waals surface area contributed by atoms with E-state index in [2.05, 4.69) is 25.7 Å². The molecule has 0 bridgehead atoms. The quantitative estimate of drug-likeness (QED) is 0.356. The lowest BCUT2D eigenvalue weighted by atomic mass is 10.1. The molecule has 9 heteroatoms. The van der Waals surface area contributed by atoms with Gasteiger partial charge in [-0.05, 0) is 31.5 Å². The number of nitrogens with one attached hydrogen (secondary N) is 2. The highest BCUT2D eigenvalue weighted by atomic mass is 127. The second-order valence-corrected chi connectivity index (χ2v) is 6.06. The Morgan fingerprint density at radius 1 is 1.46 bits per heavy atom. The first-order valence-electron chi connectivity index (χ1n) is 8.32. The third-order valence-corrected chi connectivity index (χ3v) is 4.26. The van der Waals surface area contributed by atoms with Gasteiger partial charge in [-0.25, -0.2) is 9.67 Å². The second-order valence-electron chi connectivity index (χ2n) is 6.06. The van der Waals surface area contributed by atoms with Crippen molar-refractivity contribution in [3.63, 3.8) is 0 Å². The number of aromatic hydroxyl groups is 1. The van der Waals surface area contributed by atoms with Gasteiger partial charge in [0.25, 0.3) is 0 Å². The lowest BCUT2D eigenvalue weighted by Gasteiger charge is -2.25. The number of guanidine groups is 1. The summed E-state index contributed by atoms with van der Waals surface area (Å²) in [5.74, 6) is 3.47. The number of benzene rings is 1. The first-order valence-corrected chi connectivity index (χ1v) is 8.32. The average Bonchev–Trinajstić information content (AvgIpc) is 2.99. The molecule has 3 rings (SSSR count). The molecule has 8 nitrogen and oxygen atoms in total. The molecule has 0 aliphatic carbocycles. The van der Waals surface area contributed by atoms with Crippen molar-refractivity contribution in [2.45, 2.75) is 38.9 Å². The highest BCUT2D eigenvalue weighted by Crippen LogP contribution is 2.22. The van der Waals surface area contributed by atoms with Gasteiger partial charge in [0.15, 0.2) is 5.96 Å². The number of hydrogen-bond acceptors (Lipinski definition) is 5. The monoisotopic (exact) mass is 472 g/mol. The highest BCUT2D eigenvalue weighted by molar-refractivity contribution is 14.0. The lowest BCUT2D eigenvalue weighted by Crippen LogP contribution is -2.46. The number of halogens is 1. The van der Waals surface area contributed by atoms with Gasteiger partial charge in [0.05, 0.1) is 13.7 Å². The van der Waals surface area contributed by atoms with E-state index in [4.69, 9.17) is 4.74 Å². The van der Waals surface area contributed by atoms with Crippen molar-refractivity contribution in [2.24, 2.45) is 4.99 Å². The standard InChI is InChI=1S/C17H24N6O2.HI/c1-11-20-16-7-4-13(10-23(16)22-11)21-17(18-2)19-9-12-8-14(25-3)5-6-15(12)24;/h5-6,8,13,24H,4,7,9-10H2,1-3H3,(H2,18,19,21);1H. The van der Waals surface area contributed by atoms with Crippen LogP contribution in [0.3, 0.4) is 0 Å². The van der Waals surface area contributed by atoms with Crippen LogP contribution in [0, 0.1) is 6.92 Å². The van der Waals surface area contributed by atoms with Crippen LogP contribution in [0.25, 0.3) is 0 Å². The van der Waals surface area contributed by atoms with E-state index in [1.165, 1.54) is 0 Å². The molecular weight excluding hydrogens is 447 g/mol. The number of ether oxygens (including phenoxy) is 1. The van der Waals surface area contributed by atoms with Gasteiger partial charge in [0.2, 0.25) is 0 Å². The van der Waals surface area contributed by atoms with E-state index in [0.717, 1.165) is 36.6 Å². The van der Waals surface area contributed by atoms with Crippen LogP contribution in [0.1, 0.15) is 23.6 Å². The Hall–Kier alpha value is -2.04. The minimum atomic E-state index is 0. The summed E-state index contributed by atoms with van der Waals surface area (Å²) in [6.45, 7) is 3.12. The van der Waals surface area contributed by atoms with Crippen molar-refractivity contribution in [1.29, 1.82) is 0 Å². The van der Waals surface area contributed by atoms with Crippen LogP contribution in [0.15, 0.2) is 23.2 Å². The Morgan fingerprint density at radius 3 is 3.00 bits per heavy atom. The molecule has 2 heterocycles. The summed E-state index contributed by atoms with van der Waals surface area (Å²) < 4.78 is 7.16. The normalized spacial score (nSPS) is 16.4. The maximum atomic E-state index is 9.97. The zero-order valence-corrected chi connectivity index (χ0v) is 17.5. The van der Waals surface area contributed by atoms with Gasteiger partial charge in [-0.3, -0.25) is 4.99 Å². The number of hydrogen-bond donors (Lipinski definition) is 3. The van der Waals surface area contributed by atoms with Crippen LogP contribution >= 0.6 is 24.0 Å². The predicted molar refractivity (Wildman–Crippen MR) is 110 cm³/mol. The van der Waals surface area contributed by atoms with E-state index in [-0.39, 0.29) is 35.8 Å². The Kier molecular flexibility index (Phi) is 7.06. The molecule has 2 aromatic rings. The van der Waals surface area contributed by atoms with Crippen LogP contribution < -0.4 is 15.4 Å². The summed E-state index contributed by atoms with van der Waals surface area (Å²) >= 11 is 0. The molecule has 3 N–H and O–H groups in total. The maximum absolute atomic E-state index is 9.97. The van der Waals surface area contributed by atoms with Crippen molar-refractivity contribution in [3.8, 4) is 11.5 Å². The average molecular weight is 472 g/mol. The van der Waals surface area contributed by atoms with E-state index < -0.39 is 0 Å². The predicted octanol–water partition coefficient (Wildman–Crippen LogP) is 1.60. The summed E-state index contributed by atoms with van der Waals surface area (Å²) in [5, 5.41) is 21.0. The molecule has 1 aliphatic heterocycles. The number of aromatic nitrogens is 3. The molecule has 0 radical (unpaired) electrons. The van der Waals surface area contributed by atoms with E-state index in [1.807, 2.05) is 11.6 Å². The van der Waals surface area contributed by atoms with E-state index in [1.54, 1.807) is 32.4 Å². The molecule has 0 amide bonds. The fourth-order valence-corrected chi connectivity index (χ4v) is 2.95. The SMILES string of the molecule is CN=C(NCc1cc(OC)ccc1O)NC1CCc2nc(C)nn2C1.I. The summed E-state index contributed by atoms with van der Waals surface area (Å²) in [7, 11) is 3.34. The molecule has 142 valence electrons. The van der Waals surface area contributed by atoms with Crippen LogP contribution in [0.5, 0.6) is 11.5 Å². The zero-order chi connectivity index (χ0) is 17.8. The van der Waals surface area contributed by atoms with Crippen LogP contribution in [0.4, 0.5) is 0 Å². The molecule has 1 unspecified atom stereocenters. The van der Waals surface area contributed by atoms with Gasteiger partial charge < -0.3 is 20.5 Å². The minimum absolute atomic E-state index is 0. The Morgan fingerprint density at radius 2 is 2.27 bits per heavy atom. The van der Waals surface area contributed by atoms with Crippen molar-refractivity contribution >= 4 is 29.9 Å². The van der Waals surface area contributed by atoms with Crippen LogP contribution in [-0.2, 0) is 19.5 Å². The van der Waals surface area contributed by atoms with E-state index in [9.17, 15) is 5.11 Å². The smallest absolute Gasteiger partial charge is 0.191 e. The maximum Gasteiger partial charge on any atom is 0.191 e. The molecule has 0 fully saturated rings. The number of rotatable bonds is 4. The number of phenols is 1. The van der Waals surface area contributed by atoms with Crippen molar-refractivity contribution < 1.29 is 9.84 Å². The third kappa shape index (κ3) is 4.77. The van der Waals surface area contributed by atoms with E-state index in [0.29, 0.717) is 18.3 Å². The number of nitrogens with zero attached hydrogens (tertiary/aromatic N) is 4. The Balaban J connectivity index is 0.00000243. The van der Waals surface area contributed by atoms with Crippen LogP contribution in [0.2, 0.25) is 0 Å². The molecule has 0 saturated heterocycles. The molecular formula is C17H25IN6O2. The summed E-state index contributed by atoms with van der Waals surface area (Å²) in [6, 6.07) is 5.40. The topological polar surface area (TPSA) is 96.6 Å². The van der Waals surface area contributed by atoms with Gasteiger partial charge in [-0.1, -0.05) is 0 Å². The minimum Gasteiger partial charge on any atom is -0.508 e. The number of phenolic OH excluding ortho intramolecular Hbond substituents is 1. The first kappa shape index (κ1) is 20.3.